The minimum atomic E-state index is -4.85. The summed E-state index contributed by atoms with van der Waals surface area (Å²) >= 11 is 0. The van der Waals surface area contributed by atoms with Crippen LogP contribution in [-0.4, -0.2) is 40.7 Å². The number of hydrogen-bond donors (Lipinski definition) is 1. The Balaban J connectivity index is 2.18. The van der Waals surface area contributed by atoms with Gasteiger partial charge in [-0.15, -0.1) is 0 Å². The van der Waals surface area contributed by atoms with Crippen LogP contribution in [0.3, 0.4) is 0 Å². The van der Waals surface area contributed by atoms with Crippen LogP contribution >= 0.6 is 7.60 Å². The Kier molecular flexibility index (Phi) is 6.17. The molecule has 0 unspecified atom stereocenters. The van der Waals surface area contributed by atoms with Crippen molar-refractivity contribution in [2.75, 3.05) is 25.6 Å². The number of ether oxygens (including phenoxy) is 1. The summed E-state index contributed by atoms with van der Waals surface area (Å²) in [7, 11) is -4.85. The number of nitrogen functional groups attached to an aromatic ring is 1. The van der Waals surface area contributed by atoms with Crippen molar-refractivity contribution in [2.24, 2.45) is 0 Å². The third kappa shape index (κ3) is 4.28. The molecule has 0 amide bonds. The van der Waals surface area contributed by atoms with E-state index in [1.807, 2.05) is 0 Å². The molecule has 2 atom stereocenters. The van der Waals surface area contributed by atoms with Gasteiger partial charge in [0.1, 0.15) is 17.7 Å². The molecule has 0 aliphatic carbocycles. The molecule has 2 heterocycles. The van der Waals surface area contributed by atoms with Crippen molar-refractivity contribution in [2.45, 2.75) is 44.2 Å². The first-order chi connectivity index (χ1) is 12.1. The van der Waals surface area contributed by atoms with Gasteiger partial charge in [0.05, 0.1) is 26.2 Å². The van der Waals surface area contributed by atoms with Gasteiger partial charge < -0.3 is 19.5 Å². The third-order valence-electron chi connectivity index (χ3n) is 3.76. The second-order valence-electron chi connectivity index (χ2n) is 5.84. The summed E-state index contributed by atoms with van der Waals surface area (Å²) in [4.78, 5) is 15.3. The zero-order valence-corrected chi connectivity index (χ0v) is 15.3. The average molecular weight is 399 g/mol. The monoisotopic (exact) mass is 399 g/mol. The zero-order valence-electron chi connectivity index (χ0n) is 14.4. The number of alkyl halides is 3. The fourth-order valence-electron chi connectivity index (χ4n) is 2.67. The van der Waals surface area contributed by atoms with Gasteiger partial charge in [0, 0.05) is 12.6 Å². The SMILES string of the molecule is CCOP(=O)(OCC)C(F)(F)C[C@@]1(F)CO[C@@H](n2ccc(N)nc2=O)C1. The van der Waals surface area contributed by atoms with Gasteiger partial charge in [-0.25, -0.2) is 9.18 Å². The first-order valence-electron chi connectivity index (χ1n) is 7.98. The van der Waals surface area contributed by atoms with Crippen molar-refractivity contribution >= 4 is 13.4 Å². The molecule has 1 aliphatic rings. The zero-order chi connectivity index (χ0) is 19.6. The maximum Gasteiger partial charge on any atom is 0.399 e. The molecular weight excluding hydrogens is 378 g/mol. The van der Waals surface area contributed by atoms with Crippen LogP contribution < -0.4 is 11.4 Å². The molecule has 1 aromatic rings. The highest BCUT2D eigenvalue weighted by molar-refractivity contribution is 7.55. The largest absolute Gasteiger partial charge is 0.399 e. The molecule has 0 bridgehead atoms. The summed E-state index contributed by atoms with van der Waals surface area (Å²) in [6, 6.07) is 1.30. The van der Waals surface area contributed by atoms with E-state index in [0.29, 0.717) is 0 Å². The lowest BCUT2D eigenvalue weighted by atomic mass is 10.0. The summed E-state index contributed by atoms with van der Waals surface area (Å²) in [5, 5.41) is 0. The van der Waals surface area contributed by atoms with Crippen LogP contribution in [0.2, 0.25) is 0 Å². The minimum absolute atomic E-state index is 0.0309. The Morgan fingerprint density at radius 2 is 2.08 bits per heavy atom. The normalized spacial score (nSPS) is 24.1. The van der Waals surface area contributed by atoms with Gasteiger partial charge in [0.25, 0.3) is 0 Å². The maximum atomic E-state index is 15.0. The van der Waals surface area contributed by atoms with E-state index in [4.69, 9.17) is 10.5 Å². The van der Waals surface area contributed by atoms with Gasteiger partial charge in [-0.2, -0.15) is 13.8 Å². The van der Waals surface area contributed by atoms with Gasteiger partial charge in [-0.3, -0.25) is 9.13 Å². The fourth-order valence-corrected chi connectivity index (χ4v) is 4.28. The van der Waals surface area contributed by atoms with Crippen LogP contribution in [0.5, 0.6) is 0 Å². The molecule has 1 aliphatic heterocycles. The quantitative estimate of drug-likeness (QED) is 0.670. The van der Waals surface area contributed by atoms with Crippen molar-refractivity contribution in [1.82, 2.24) is 9.55 Å². The molecule has 0 spiro atoms. The first-order valence-corrected chi connectivity index (χ1v) is 9.52. The summed E-state index contributed by atoms with van der Waals surface area (Å²) in [5.41, 5.74) is -2.01. The van der Waals surface area contributed by atoms with E-state index in [1.165, 1.54) is 26.1 Å². The predicted molar refractivity (Wildman–Crippen MR) is 86.8 cm³/mol. The lowest BCUT2D eigenvalue weighted by Crippen LogP contribution is -2.35. The Morgan fingerprint density at radius 1 is 1.46 bits per heavy atom. The van der Waals surface area contributed by atoms with E-state index in [1.54, 1.807) is 0 Å². The van der Waals surface area contributed by atoms with Crippen molar-refractivity contribution in [3.63, 3.8) is 0 Å². The van der Waals surface area contributed by atoms with E-state index in [-0.39, 0.29) is 19.0 Å². The highest BCUT2D eigenvalue weighted by Gasteiger charge is 2.59. The highest BCUT2D eigenvalue weighted by atomic mass is 31.2. The van der Waals surface area contributed by atoms with Gasteiger partial charge in [-0.05, 0) is 19.9 Å². The topological polar surface area (TPSA) is 106 Å². The molecule has 26 heavy (non-hydrogen) atoms. The van der Waals surface area contributed by atoms with Crippen LogP contribution in [0.4, 0.5) is 19.0 Å². The van der Waals surface area contributed by atoms with E-state index < -0.39 is 50.3 Å². The number of anilines is 1. The third-order valence-corrected chi connectivity index (χ3v) is 5.92. The van der Waals surface area contributed by atoms with Crippen LogP contribution in [0.1, 0.15) is 32.9 Å². The molecule has 0 saturated carbocycles. The molecule has 2 rings (SSSR count). The molecule has 8 nitrogen and oxygen atoms in total. The summed E-state index contributed by atoms with van der Waals surface area (Å²) < 4.78 is 71.7. The predicted octanol–water partition coefficient (Wildman–Crippen LogP) is 2.70. The van der Waals surface area contributed by atoms with Gasteiger partial charge in [0.15, 0.2) is 0 Å². The number of nitrogens with two attached hydrogens (primary N) is 1. The van der Waals surface area contributed by atoms with E-state index in [0.717, 1.165) is 4.57 Å². The number of aromatic nitrogens is 2. The van der Waals surface area contributed by atoms with Gasteiger partial charge in [0.2, 0.25) is 0 Å². The summed E-state index contributed by atoms with van der Waals surface area (Å²) in [5.74, 6) is -0.0309. The van der Waals surface area contributed by atoms with Crippen molar-refractivity contribution < 1.29 is 31.5 Å². The highest BCUT2D eigenvalue weighted by Crippen LogP contribution is 2.65. The second-order valence-corrected chi connectivity index (χ2v) is 8.00. The van der Waals surface area contributed by atoms with Crippen LogP contribution in [-0.2, 0) is 18.3 Å². The lowest BCUT2D eigenvalue weighted by molar-refractivity contribution is -0.0241. The van der Waals surface area contributed by atoms with Crippen LogP contribution in [0.15, 0.2) is 17.1 Å². The average Bonchev–Trinajstić information content (AvgIpc) is 2.88. The van der Waals surface area contributed by atoms with E-state index in [2.05, 4.69) is 14.0 Å². The maximum absolute atomic E-state index is 15.0. The molecular formula is C14H21F3N3O5P. The number of rotatable bonds is 8. The van der Waals surface area contributed by atoms with Crippen molar-refractivity contribution in [3.8, 4) is 0 Å². The van der Waals surface area contributed by atoms with Gasteiger partial charge in [-0.1, -0.05) is 0 Å². The smallest absolute Gasteiger partial charge is 0.383 e. The number of hydrogen-bond acceptors (Lipinski definition) is 7. The van der Waals surface area contributed by atoms with Crippen molar-refractivity contribution in [3.05, 3.63) is 22.7 Å². The molecule has 2 N–H and O–H groups in total. The summed E-state index contributed by atoms with van der Waals surface area (Å²) in [6.45, 7) is 1.49. The molecule has 1 saturated heterocycles. The molecule has 148 valence electrons. The molecule has 12 heteroatoms. The minimum Gasteiger partial charge on any atom is -0.383 e. The summed E-state index contributed by atoms with van der Waals surface area (Å²) in [6.07, 6.45) is -1.86. The van der Waals surface area contributed by atoms with Crippen molar-refractivity contribution in [1.29, 1.82) is 0 Å². The van der Waals surface area contributed by atoms with Gasteiger partial charge >= 0.3 is 18.9 Å². The molecule has 1 fully saturated rings. The second kappa shape index (κ2) is 7.67. The fraction of sp³-hybridized carbons (Fsp3) is 0.714. The first kappa shape index (κ1) is 20.9. The Hall–Kier alpha value is -1.42. The van der Waals surface area contributed by atoms with E-state index >= 15 is 0 Å². The lowest BCUT2D eigenvalue weighted by Gasteiger charge is -2.29. The number of halogens is 3. The molecule has 0 aromatic carbocycles. The van der Waals surface area contributed by atoms with E-state index in [9.17, 15) is 22.5 Å². The standard InChI is InChI=1S/C14H21F3N3O5P/c1-3-24-26(22,25-4-2)14(16,17)8-13(15)7-11(23-9-13)20-6-5-10(18)19-12(20)21/h5-6,11H,3-4,7-9H2,1-2H3,(H2,18,19,21)/t11-,13-/m1/s1. The van der Waals surface area contributed by atoms with Crippen LogP contribution in [0.25, 0.3) is 0 Å². The Morgan fingerprint density at radius 3 is 2.62 bits per heavy atom. The number of nitrogens with zero attached hydrogens (tertiary/aromatic N) is 2. The van der Waals surface area contributed by atoms with Crippen LogP contribution in [0, 0.1) is 0 Å². The Bertz CT molecular complexity index is 737. The Labute approximate surface area is 148 Å². The molecule has 1 aromatic heterocycles. The molecule has 0 radical (unpaired) electrons.